The molecule has 0 heterocycles. The van der Waals surface area contributed by atoms with Gasteiger partial charge < -0.3 is 4.74 Å². The number of ether oxygens (including phenoxy) is 1. The number of hydrogen-bond donors (Lipinski definition) is 0. The zero-order valence-corrected chi connectivity index (χ0v) is 11.5. The van der Waals surface area contributed by atoms with Gasteiger partial charge in [0.1, 0.15) is 11.7 Å². The Morgan fingerprint density at radius 3 is 2.68 bits per heavy atom. The fourth-order valence-electron chi connectivity index (χ4n) is 2.71. The smallest absolute Gasteiger partial charge is 0.151 e. The third-order valence-corrected chi connectivity index (χ3v) is 3.77. The summed E-state index contributed by atoms with van der Waals surface area (Å²) in [6, 6.07) is 7.65. The molecule has 2 atom stereocenters. The van der Waals surface area contributed by atoms with Crippen molar-refractivity contribution >= 4 is 11.6 Å². The van der Waals surface area contributed by atoms with E-state index in [1.54, 1.807) is 0 Å². The predicted octanol–water partition coefficient (Wildman–Crippen LogP) is 2.66. The molecule has 0 N–H and O–H groups in total. The van der Waals surface area contributed by atoms with Gasteiger partial charge in [-0.05, 0) is 31.4 Å². The molecule has 3 nitrogen and oxygen atoms in total. The predicted molar refractivity (Wildman–Crippen MR) is 73.2 cm³/mol. The van der Waals surface area contributed by atoms with E-state index in [-0.39, 0.29) is 17.5 Å². The quantitative estimate of drug-likeness (QED) is 0.604. The number of carbonyl (C=O) groups excluding carboxylic acids is 2. The summed E-state index contributed by atoms with van der Waals surface area (Å²) >= 11 is 0. The Bertz CT molecular complexity index is 479. The second-order valence-corrected chi connectivity index (χ2v) is 5.04. The molecule has 0 spiro atoms. The highest BCUT2D eigenvalue weighted by molar-refractivity contribution is 6.14. The molecule has 1 fully saturated rings. The van der Waals surface area contributed by atoms with Crippen molar-refractivity contribution in [1.29, 1.82) is 0 Å². The number of aryl methyl sites for hydroxylation is 1. The fraction of sp³-hybridized carbons (Fsp3) is 0.500. The molecule has 19 heavy (non-hydrogen) atoms. The maximum Gasteiger partial charge on any atom is 0.151 e. The van der Waals surface area contributed by atoms with Gasteiger partial charge in [-0.2, -0.15) is 0 Å². The van der Waals surface area contributed by atoms with Crippen molar-refractivity contribution in [2.24, 2.45) is 5.92 Å². The van der Waals surface area contributed by atoms with Gasteiger partial charge in [0, 0.05) is 25.6 Å². The highest BCUT2D eigenvalue weighted by atomic mass is 16.5. The SMILES string of the molecule is CCOCCC1CC(=O)C(c2ccccc2C)C1=O. The zero-order chi connectivity index (χ0) is 13.8. The molecule has 0 saturated heterocycles. The molecule has 2 unspecified atom stereocenters. The number of carbonyl (C=O) groups is 2. The second kappa shape index (κ2) is 6.11. The summed E-state index contributed by atoms with van der Waals surface area (Å²) in [6.07, 6.45) is 1.02. The van der Waals surface area contributed by atoms with E-state index >= 15 is 0 Å². The van der Waals surface area contributed by atoms with Crippen LogP contribution < -0.4 is 0 Å². The van der Waals surface area contributed by atoms with Gasteiger partial charge >= 0.3 is 0 Å². The molecular weight excluding hydrogens is 240 g/mol. The molecule has 3 heteroatoms. The van der Waals surface area contributed by atoms with Crippen LogP contribution in [0.1, 0.15) is 36.8 Å². The molecule has 0 amide bonds. The second-order valence-electron chi connectivity index (χ2n) is 5.04. The van der Waals surface area contributed by atoms with Crippen LogP contribution in [-0.2, 0) is 14.3 Å². The number of benzene rings is 1. The summed E-state index contributed by atoms with van der Waals surface area (Å²) < 4.78 is 5.28. The van der Waals surface area contributed by atoms with Crippen molar-refractivity contribution in [3.8, 4) is 0 Å². The summed E-state index contributed by atoms with van der Waals surface area (Å²) in [6.45, 7) is 5.08. The van der Waals surface area contributed by atoms with Crippen LogP contribution in [0.25, 0.3) is 0 Å². The van der Waals surface area contributed by atoms with E-state index in [2.05, 4.69) is 0 Å². The van der Waals surface area contributed by atoms with Crippen LogP contribution in [0.15, 0.2) is 24.3 Å². The molecule has 2 rings (SSSR count). The van der Waals surface area contributed by atoms with Crippen LogP contribution >= 0.6 is 0 Å². The number of rotatable bonds is 5. The lowest BCUT2D eigenvalue weighted by molar-refractivity contribution is -0.125. The highest BCUT2D eigenvalue weighted by Gasteiger charge is 2.41. The van der Waals surface area contributed by atoms with Gasteiger partial charge in [-0.15, -0.1) is 0 Å². The van der Waals surface area contributed by atoms with Crippen molar-refractivity contribution in [3.63, 3.8) is 0 Å². The molecule has 0 aliphatic heterocycles. The van der Waals surface area contributed by atoms with Gasteiger partial charge in [-0.3, -0.25) is 9.59 Å². The van der Waals surface area contributed by atoms with E-state index in [1.807, 2.05) is 38.1 Å². The van der Waals surface area contributed by atoms with E-state index in [0.717, 1.165) is 11.1 Å². The maximum absolute atomic E-state index is 12.4. The Balaban J connectivity index is 2.13. The van der Waals surface area contributed by atoms with Crippen molar-refractivity contribution in [2.45, 2.75) is 32.6 Å². The minimum Gasteiger partial charge on any atom is -0.382 e. The molecule has 1 aliphatic rings. The first kappa shape index (κ1) is 13.9. The standard InChI is InChI=1S/C16H20O3/c1-3-19-9-8-12-10-14(17)15(16(12)18)13-7-5-4-6-11(13)2/h4-7,12,15H,3,8-10H2,1-2H3. The summed E-state index contributed by atoms with van der Waals surface area (Å²) in [5.74, 6) is -0.587. The summed E-state index contributed by atoms with van der Waals surface area (Å²) in [7, 11) is 0. The fourth-order valence-corrected chi connectivity index (χ4v) is 2.71. The third-order valence-electron chi connectivity index (χ3n) is 3.77. The largest absolute Gasteiger partial charge is 0.382 e. The van der Waals surface area contributed by atoms with Crippen LogP contribution in [0.4, 0.5) is 0 Å². The molecule has 0 bridgehead atoms. The van der Waals surface area contributed by atoms with Crippen LogP contribution in [0.3, 0.4) is 0 Å². The Kier molecular flexibility index (Phi) is 4.48. The van der Waals surface area contributed by atoms with Crippen molar-refractivity contribution in [1.82, 2.24) is 0 Å². The van der Waals surface area contributed by atoms with Crippen molar-refractivity contribution in [3.05, 3.63) is 35.4 Å². The Morgan fingerprint density at radius 1 is 1.26 bits per heavy atom. The lowest BCUT2D eigenvalue weighted by Gasteiger charge is -2.12. The summed E-state index contributed by atoms with van der Waals surface area (Å²) in [5, 5.41) is 0. The van der Waals surface area contributed by atoms with Gasteiger partial charge in [0.2, 0.25) is 0 Å². The number of hydrogen-bond acceptors (Lipinski definition) is 3. The Hall–Kier alpha value is -1.48. The average Bonchev–Trinajstić information content (AvgIpc) is 2.66. The highest BCUT2D eigenvalue weighted by Crippen LogP contribution is 2.35. The molecule has 0 radical (unpaired) electrons. The average molecular weight is 260 g/mol. The minimum absolute atomic E-state index is 0.0563. The van der Waals surface area contributed by atoms with Gasteiger partial charge in [-0.25, -0.2) is 0 Å². The first-order valence-corrected chi connectivity index (χ1v) is 6.84. The van der Waals surface area contributed by atoms with Gasteiger partial charge in [0.25, 0.3) is 0 Å². The summed E-state index contributed by atoms with van der Waals surface area (Å²) in [5.41, 5.74) is 1.89. The van der Waals surface area contributed by atoms with E-state index in [0.29, 0.717) is 26.1 Å². The first-order chi connectivity index (χ1) is 9.15. The normalized spacial score (nSPS) is 23.1. The lowest BCUT2D eigenvalue weighted by Crippen LogP contribution is -2.17. The van der Waals surface area contributed by atoms with Crippen LogP contribution in [0.5, 0.6) is 0 Å². The van der Waals surface area contributed by atoms with E-state index in [9.17, 15) is 9.59 Å². The molecule has 1 aromatic rings. The summed E-state index contributed by atoms with van der Waals surface area (Å²) in [4.78, 5) is 24.5. The van der Waals surface area contributed by atoms with Gasteiger partial charge in [0.15, 0.2) is 5.78 Å². The van der Waals surface area contributed by atoms with Crippen molar-refractivity contribution in [2.75, 3.05) is 13.2 Å². The molecule has 0 aromatic heterocycles. The topological polar surface area (TPSA) is 43.4 Å². The van der Waals surface area contributed by atoms with Gasteiger partial charge in [-0.1, -0.05) is 24.3 Å². The van der Waals surface area contributed by atoms with Crippen LogP contribution in [-0.4, -0.2) is 24.8 Å². The molecule has 1 aromatic carbocycles. The number of ketones is 2. The van der Waals surface area contributed by atoms with E-state index in [4.69, 9.17) is 4.74 Å². The molecular formula is C16H20O3. The zero-order valence-electron chi connectivity index (χ0n) is 11.5. The van der Waals surface area contributed by atoms with E-state index in [1.165, 1.54) is 0 Å². The molecule has 1 aliphatic carbocycles. The third kappa shape index (κ3) is 2.92. The van der Waals surface area contributed by atoms with Gasteiger partial charge in [0.05, 0.1) is 0 Å². The maximum atomic E-state index is 12.4. The minimum atomic E-state index is -0.548. The lowest BCUT2D eigenvalue weighted by atomic mass is 9.90. The van der Waals surface area contributed by atoms with Crippen LogP contribution in [0.2, 0.25) is 0 Å². The number of Topliss-reactive ketones (excluding diaryl/α,β-unsaturated/α-hetero) is 2. The molecule has 102 valence electrons. The first-order valence-electron chi connectivity index (χ1n) is 6.84. The Labute approximate surface area is 114 Å². The Morgan fingerprint density at radius 2 is 2.00 bits per heavy atom. The van der Waals surface area contributed by atoms with E-state index < -0.39 is 5.92 Å². The van der Waals surface area contributed by atoms with Crippen LogP contribution in [0, 0.1) is 12.8 Å². The van der Waals surface area contributed by atoms with Crippen molar-refractivity contribution < 1.29 is 14.3 Å². The molecule has 1 saturated carbocycles. The monoisotopic (exact) mass is 260 g/mol.